The van der Waals surface area contributed by atoms with Crippen molar-refractivity contribution in [3.05, 3.63) is 24.0 Å². The zero-order valence-electron chi connectivity index (χ0n) is 7.91. The zero-order valence-corrected chi connectivity index (χ0v) is 7.91. The van der Waals surface area contributed by atoms with Crippen molar-refractivity contribution in [3.63, 3.8) is 0 Å². The topological polar surface area (TPSA) is 30.7 Å². The van der Waals surface area contributed by atoms with Crippen molar-refractivity contribution in [2.45, 2.75) is 19.6 Å². The number of nitrogens with zero attached hydrogens (tertiary/aromatic N) is 3. The van der Waals surface area contributed by atoms with E-state index in [0.717, 1.165) is 12.3 Å². The van der Waals surface area contributed by atoms with Gasteiger partial charge in [0.05, 0.1) is 11.8 Å². The van der Waals surface area contributed by atoms with Gasteiger partial charge < -0.3 is 0 Å². The molecule has 0 aliphatic rings. The van der Waals surface area contributed by atoms with E-state index in [2.05, 4.69) is 10.1 Å². The van der Waals surface area contributed by atoms with Crippen LogP contribution in [0.25, 0.3) is 11.0 Å². The van der Waals surface area contributed by atoms with Crippen molar-refractivity contribution >= 4 is 11.0 Å². The highest BCUT2D eigenvalue weighted by Gasteiger charge is 2.31. The van der Waals surface area contributed by atoms with Crippen LogP contribution in [0.4, 0.5) is 13.2 Å². The van der Waals surface area contributed by atoms with Gasteiger partial charge in [-0.15, -0.1) is 0 Å². The first-order chi connectivity index (χ1) is 7.00. The molecule has 2 aromatic rings. The monoisotopic (exact) mass is 215 g/mol. The van der Waals surface area contributed by atoms with Crippen LogP contribution < -0.4 is 0 Å². The summed E-state index contributed by atoms with van der Waals surface area (Å²) in [6.45, 7) is 2.47. The van der Waals surface area contributed by atoms with Gasteiger partial charge in [0.25, 0.3) is 0 Å². The molecule has 2 aromatic heterocycles. The first-order valence-electron chi connectivity index (χ1n) is 4.41. The molecule has 0 spiro atoms. The molecule has 2 heterocycles. The Morgan fingerprint density at radius 1 is 1.33 bits per heavy atom. The van der Waals surface area contributed by atoms with Crippen LogP contribution in [-0.4, -0.2) is 14.8 Å². The Kier molecular flexibility index (Phi) is 2.13. The fourth-order valence-electron chi connectivity index (χ4n) is 1.27. The molecular formula is C9H8F3N3. The lowest BCUT2D eigenvalue weighted by Gasteiger charge is -2.04. The van der Waals surface area contributed by atoms with E-state index in [1.807, 2.05) is 6.92 Å². The average Bonchev–Trinajstić information content (AvgIpc) is 2.57. The molecule has 6 heteroatoms. The minimum absolute atomic E-state index is 0.270. The Labute approximate surface area is 83.5 Å². The second-order valence-electron chi connectivity index (χ2n) is 3.11. The summed E-state index contributed by atoms with van der Waals surface area (Å²) in [6.07, 6.45) is -1.92. The Bertz CT molecular complexity index is 487. The van der Waals surface area contributed by atoms with E-state index in [0.29, 0.717) is 12.1 Å². The molecule has 0 saturated heterocycles. The largest absolute Gasteiger partial charge is 0.417 e. The lowest BCUT2D eigenvalue weighted by molar-refractivity contribution is -0.137. The normalized spacial score (nSPS) is 12.3. The fourth-order valence-corrected chi connectivity index (χ4v) is 1.27. The molecule has 0 saturated carbocycles. The van der Waals surface area contributed by atoms with Gasteiger partial charge in [0.1, 0.15) is 11.0 Å². The van der Waals surface area contributed by atoms with Crippen LogP contribution >= 0.6 is 0 Å². The van der Waals surface area contributed by atoms with Crippen molar-refractivity contribution in [2.24, 2.45) is 0 Å². The molecule has 80 valence electrons. The number of halogens is 3. The summed E-state index contributed by atoms with van der Waals surface area (Å²) in [4.78, 5) is 3.71. The van der Waals surface area contributed by atoms with Gasteiger partial charge in [-0.05, 0) is 13.0 Å². The Hall–Kier alpha value is -1.59. The molecule has 2 rings (SSSR count). The van der Waals surface area contributed by atoms with E-state index in [4.69, 9.17) is 0 Å². The van der Waals surface area contributed by atoms with E-state index in [1.165, 1.54) is 0 Å². The van der Waals surface area contributed by atoms with Gasteiger partial charge in [-0.2, -0.15) is 18.3 Å². The number of hydrogen-bond acceptors (Lipinski definition) is 2. The van der Waals surface area contributed by atoms with E-state index >= 15 is 0 Å². The van der Waals surface area contributed by atoms with E-state index in [9.17, 15) is 13.2 Å². The maximum atomic E-state index is 12.3. The predicted octanol–water partition coefficient (Wildman–Crippen LogP) is 2.47. The molecule has 0 amide bonds. The molecule has 0 aromatic carbocycles. The van der Waals surface area contributed by atoms with E-state index in [-0.39, 0.29) is 5.52 Å². The number of aromatic nitrogens is 3. The van der Waals surface area contributed by atoms with Gasteiger partial charge in [-0.3, -0.25) is 9.67 Å². The minimum atomic E-state index is -4.36. The predicted molar refractivity (Wildman–Crippen MR) is 48.2 cm³/mol. The fraction of sp³-hybridized carbons (Fsp3) is 0.333. The van der Waals surface area contributed by atoms with Gasteiger partial charge in [-0.1, -0.05) is 0 Å². The highest BCUT2D eigenvalue weighted by Crippen LogP contribution is 2.29. The summed E-state index contributed by atoms with van der Waals surface area (Å²) < 4.78 is 38.5. The SMILES string of the molecule is CCn1cc2ncc(C(F)(F)F)cc2n1. The Morgan fingerprint density at radius 2 is 2.07 bits per heavy atom. The first kappa shape index (κ1) is 9.95. The van der Waals surface area contributed by atoms with Crippen LogP contribution in [0.1, 0.15) is 12.5 Å². The second-order valence-corrected chi connectivity index (χ2v) is 3.11. The standard InChI is InChI=1S/C9H8F3N3/c1-2-15-5-8-7(14-15)3-6(4-13-8)9(10,11)12/h3-5H,2H2,1H3. The van der Waals surface area contributed by atoms with Gasteiger partial charge in [0, 0.05) is 12.7 Å². The highest BCUT2D eigenvalue weighted by molar-refractivity contribution is 5.73. The lowest BCUT2D eigenvalue weighted by Crippen LogP contribution is -2.05. The number of aryl methyl sites for hydroxylation is 1. The Morgan fingerprint density at radius 3 is 2.67 bits per heavy atom. The second kappa shape index (κ2) is 3.22. The van der Waals surface area contributed by atoms with Gasteiger partial charge >= 0.3 is 6.18 Å². The van der Waals surface area contributed by atoms with Crippen molar-refractivity contribution in [3.8, 4) is 0 Å². The van der Waals surface area contributed by atoms with Crippen LogP contribution in [0.3, 0.4) is 0 Å². The van der Waals surface area contributed by atoms with E-state index in [1.54, 1.807) is 10.9 Å². The van der Waals surface area contributed by atoms with Crippen molar-refractivity contribution < 1.29 is 13.2 Å². The molecule has 3 nitrogen and oxygen atoms in total. The number of hydrogen-bond donors (Lipinski definition) is 0. The minimum Gasteiger partial charge on any atom is -0.270 e. The number of alkyl halides is 3. The average molecular weight is 215 g/mol. The Balaban J connectivity index is 2.55. The van der Waals surface area contributed by atoms with Crippen molar-refractivity contribution in [1.29, 1.82) is 0 Å². The maximum Gasteiger partial charge on any atom is 0.417 e. The van der Waals surface area contributed by atoms with Crippen molar-refractivity contribution in [1.82, 2.24) is 14.8 Å². The van der Waals surface area contributed by atoms with Gasteiger partial charge in [-0.25, -0.2) is 0 Å². The van der Waals surface area contributed by atoms with Crippen LogP contribution in [0.15, 0.2) is 18.5 Å². The number of pyridine rings is 1. The summed E-state index contributed by atoms with van der Waals surface area (Å²) in [5.41, 5.74) is -0.0205. The van der Waals surface area contributed by atoms with Gasteiger partial charge in [0.15, 0.2) is 0 Å². The van der Waals surface area contributed by atoms with Crippen LogP contribution in [0.2, 0.25) is 0 Å². The molecule has 0 fully saturated rings. The molecule has 15 heavy (non-hydrogen) atoms. The van der Waals surface area contributed by atoms with E-state index < -0.39 is 11.7 Å². The first-order valence-corrected chi connectivity index (χ1v) is 4.41. The summed E-state index contributed by atoms with van der Waals surface area (Å²) in [5.74, 6) is 0. The smallest absolute Gasteiger partial charge is 0.270 e. The summed E-state index contributed by atoms with van der Waals surface area (Å²) in [5, 5.41) is 3.96. The molecule has 0 atom stereocenters. The number of fused-ring (bicyclic) bond motifs is 1. The number of rotatable bonds is 1. The molecule has 0 aliphatic heterocycles. The maximum absolute atomic E-state index is 12.3. The van der Waals surface area contributed by atoms with Crippen molar-refractivity contribution in [2.75, 3.05) is 0 Å². The quantitative estimate of drug-likeness (QED) is 0.731. The van der Waals surface area contributed by atoms with Crippen LogP contribution in [0.5, 0.6) is 0 Å². The highest BCUT2D eigenvalue weighted by atomic mass is 19.4. The molecule has 0 N–H and O–H groups in total. The van der Waals surface area contributed by atoms with Gasteiger partial charge in [0.2, 0.25) is 0 Å². The third kappa shape index (κ3) is 1.79. The van der Waals surface area contributed by atoms with Crippen LogP contribution in [-0.2, 0) is 12.7 Å². The molecular weight excluding hydrogens is 207 g/mol. The molecule has 0 bridgehead atoms. The third-order valence-corrected chi connectivity index (χ3v) is 2.06. The molecule has 0 radical (unpaired) electrons. The summed E-state index contributed by atoms with van der Waals surface area (Å²) in [6, 6.07) is 1.01. The molecule has 0 unspecified atom stereocenters. The summed E-state index contributed by atoms with van der Waals surface area (Å²) in [7, 11) is 0. The lowest BCUT2D eigenvalue weighted by atomic mass is 10.2. The summed E-state index contributed by atoms with van der Waals surface area (Å²) >= 11 is 0. The third-order valence-electron chi connectivity index (χ3n) is 2.06. The van der Waals surface area contributed by atoms with Crippen LogP contribution in [0, 0.1) is 0 Å². The zero-order chi connectivity index (χ0) is 11.1. The molecule has 0 aliphatic carbocycles.